The van der Waals surface area contributed by atoms with Crippen LogP contribution in [0.2, 0.25) is 0 Å². The molecule has 1 aliphatic heterocycles. The van der Waals surface area contributed by atoms with Crippen LogP contribution in [0.3, 0.4) is 0 Å². The van der Waals surface area contributed by atoms with Crippen LogP contribution in [0.5, 0.6) is 0 Å². The largest absolute Gasteiger partial charge is 0.329 e. The molecule has 1 N–H and O–H groups in total. The average molecular weight is 373 g/mol. The second-order valence-corrected chi connectivity index (χ2v) is 6.97. The fourth-order valence-electron chi connectivity index (χ4n) is 3.44. The number of anilines is 2. The summed E-state index contributed by atoms with van der Waals surface area (Å²) < 4.78 is 0. The first-order valence-corrected chi connectivity index (χ1v) is 9.39. The number of para-hydroxylation sites is 1. The van der Waals surface area contributed by atoms with Gasteiger partial charge < -0.3 is 15.1 Å². The molecule has 0 saturated carbocycles. The van der Waals surface area contributed by atoms with Gasteiger partial charge >= 0.3 is 0 Å². The van der Waals surface area contributed by atoms with E-state index >= 15 is 0 Å². The monoisotopic (exact) mass is 373 g/mol. The van der Waals surface area contributed by atoms with Crippen molar-refractivity contribution < 1.29 is 4.79 Å². The van der Waals surface area contributed by atoms with Crippen molar-refractivity contribution in [2.45, 2.75) is 6.04 Å². The molecule has 28 heavy (non-hydrogen) atoms. The molecule has 1 aliphatic rings. The standard InChI is InChI=1S/C22H23N5O/c1-26-12-13-27(20(16-26)17-8-4-2-5-9-17)21(28)18-14-23-22(24-15-18)25-19-10-6-3-7-11-19/h2-11,14-15,20H,12-13,16H2,1H3,(H,23,24,25). The number of likely N-dealkylation sites (N-methyl/N-ethyl adjacent to an activating group) is 1. The summed E-state index contributed by atoms with van der Waals surface area (Å²) in [5.74, 6) is 0.439. The molecule has 6 nitrogen and oxygen atoms in total. The molecule has 1 atom stereocenters. The first-order chi connectivity index (χ1) is 13.7. The van der Waals surface area contributed by atoms with Gasteiger partial charge in [0.1, 0.15) is 0 Å². The lowest BCUT2D eigenvalue weighted by molar-refractivity contribution is 0.0497. The number of hydrogen-bond acceptors (Lipinski definition) is 5. The van der Waals surface area contributed by atoms with Crippen LogP contribution in [0.1, 0.15) is 22.0 Å². The Morgan fingerprint density at radius 2 is 1.61 bits per heavy atom. The van der Waals surface area contributed by atoms with Crippen LogP contribution in [0.15, 0.2) is 73.1 Å². The first-order valence-electron chi connectivity index (χ1n) is 9.39. The summed E-state index contributed by atoms with van der Waals surface area (Å²) >= 11 is 0. The maximum absolute atomic E-state index is 13.2. The minimum atomic E-state index is -0.0341. The molecule has 4 rings (SSSR count). The maximum atomic E-state index is 13.2. The van der Waals surface area contributed by atoms with E-state index in [9.17, 15) is 4.79 Å². The number of hydrogen-bond donors (Lipinski definition) is 1. The average Bonchev–Trinajstić information content (AvgIpc) is 2.75. The topological polar surface area (TPSA) is 61.4 Å². The first kappa shape index (κ1) is 18.1. The number of piperazine rings is 1. The highest BCUT2D eigenvalue weighted by atomic mass is 16.2. The Morgan fingerprint density at radius 3 is 2.29 bits per heavy atom. The summed E-state index contributed by atoms with van der Waals surface area (Å²) in [6, 6.07) is 19.9. The molecule has 1 saturated heterocycles. The summed E-state index contributed by atoms with van der Waals surface area (Å²) in [7, 11) is 2.09. The Kier molecular flexibility index (Phi) is 5.30. The number of carbonyl (C=O) groups excluding carboxylic acids is 1. The van der Waals surface area contributed by atoms with Crippen LogP contribution in [0.25, 0.3) is 0 Å². The van der Waals surface area contributed by atoms with Gasteiger partial charge in [-0.2, -0.15) is 0 Å². The third-order valence-electron chi connectivity index (χ3n) is 4.96. The lowest BCUT2D eigenvalue weighted by atomic mass is 10.0. The minimum absolute atomic E-state index is 0.0228. The van der Waals surface area contributed by atoms with Crippen LogP contribution < -0.4 is 5.32 Å². The molecular formula is C22H23N5O. The van der Waals surface area contributed by atoms with E-state index < -0.39 is 0 Å². The maximum Gasteiger partial charge on any atom is 0.257 e. The summed E-state index contributed by atoms with van der Waals surface area (Å²) in [4.78, 5) is 26.0. The van der Waals surface area contributed by atoms with Gasteiger partial charge in [0.15, 0.2) is 0 Å². The predicted octanol–water partition coefficient (Wildman–Crippen LogP) is 3.35. The van der Waals surface area contributed by atoms with Gasteiger partial charge in [-0.25, -0.2) is 9.97 Å². The lowest BCUT2D eigenvalue weighted by Gasteiger charge is -2.40. The van der Waals surface area contributed by atoms with E-state index in [4.69, 9.17) is 0 Å². The van der Waals surface area contributed by atoms with Crippen molar-refractivity contribution in [3.8, 4) is 0 Å². The third kappa shape index (κ3) is 4.02. The Morgan fingerprint density at radius 1 is 0.964 bits per heavy atom. The molecular weight excluding hydrogens is 350 g/mol. The summed E-state index contributed by atoms with van der Waals surface area (Å²) in [5.41, 5.74) is 2.56. The number of carbonyl (C=O) groups is 1. The fraction of sp³-hybridized carbons (Fsp3) is 0.227. The molecule has 1 aromatic heterocycles. The zero-order valence-electron chi connectivity index (χ0n) is 15.8. The van der Waals surface area contributed by atoms with Crippen molar-refractivity contribution in [2.24, 2.45) is 0 Å². The zero-order valence-corrected chi connectivity index (χ0v) is 15.8. The number of nitrogens with one attached hydrogen (secondary N) is 1. The summed E-state index contributed by atoms with van der Waals surface area (Å²) in [6.45, 7) is 2.34. The quantitative estimate of drug-likeness (QED) is 0.760. The zero-order chi connectivity index (χ0) is 19.3. The number of aromatic nitrogens is 2. The van der Waals surface area contributed by atoms with E-state index in [1.807, 2.05) is 53.4 Å². The van der Waals surface area contributed by atoms with Gasteiger partial charge in [0.2, 0.25) is 5.95 Å². The second kappa shape index (κ2) is 8.19. The van der Waals surface area contributed by atoms with Crippen LogP contribution in [0.4, 0.5) is 11.6 Å². The highest BCUT2D eigenvalue weighted by Crippen LogP contribution is 2.26. The van der Waals surface area contributed by atoms with Crippen LogP contribution in [-0.2, 0) is 0 Å². The Hall–Kier alpha value is -3.25. The highest BCUT2D eigenvalue weighted by molar-refractivity contribution is 5.94. The Balaban J connectivity index is 1.52. The van der Waals surface area contributed by atoms with Gasteiger partial charge in [0.25, 0.3) is 5.91 Å². The smallest absolute Gasteiger partial charge is 0.257 e. The number of amides is 1. The summed E-state index contributed by atoms with van der Waals surface area (Å²) in [6.07, 6.45) is 3.20. The van der Waals surface area contributed by atoms with Crippen molar-refractivity contribution in [1.82, 2.24) is 19.8 Å². The van der Waals surface area contributed by atoms with Gasteiger partial charge in [-0.3, -0.25) is 4.79 Å². The van der Waals surface area contributed by atoms with Crippen molar-refractivity contribution in [1.29, 1.82) is 0 Å². The molecule has 1 amide bonds. The van der Waals surface area contributed by atoms with E-state index in [1.54, 1.807) is 12.4 Å². The van der Waals surface area contributed by atoms with E-state index in [1.165, 1.54) is 0 Å². The van der Waals surface area contributed by atoms with Crippen molar-refractivity contribution >= 4 is 17.5 Å². The SMILES string of the molecule is CN1CCN(C(=O)c2cnc(Nc3ccccc3)nc2)C(c2ccccc2)C1. The molecule has 2 heterocycles. The predicted molar refractivity (Wildman–Crippen MR) is 109 cm³/mol. The van der Waals surface area contributed by atoms with Crippen molar-refractivity contribution in [2.75, 3.05) is 32.0 Å². The molecule has 0 radical (unpaired) electrons. The molecule has 6 heteroatoms. The Labute approximate surface area is 164 Å². The fourth-order valence-corrected chi connectivity index (χ4v) is 3.44. The molecule has 0 bridgehead atoms. The van der Waals surface area contributed by atoms with Gasteiger partial charge in [0, 0.05) is 37.7 Å². The molecule has 1 unspecified atom stereocenters. The van der Waals surface area contributed by atoms with Crippen LogP contribution >= 0.6 is 0 Å². The number of rotatable bonds is 4. The molecule has 2 aromatic carbocycles. The molecule has 0 spiro atoms. The van der Waals surface area contributed by atoms with Crippen LogP contribution in [-0.4, -0.2) is 52.4 Å². The van der Waals surface area contributed by atoms with E-state index in [0.717, 1.165) is 24.3 Å². The highest BCUT2D eigenvalue weighted by Gasteiger charge is 2.31. The van der Waals surface area contributed by atoms with Gasteiger partial charge in [-0.1, -0.05) is 48.5 Å². The third-order valence-corrected chi connectivity index (χ3v) is 4.96. The number of benzene rings is 2. The minimum Gasteiger partial charge on any atom is -0.329 e. The van der Waals surface area contributed by atoms with E-state index in [-0.39, 0.29) is 11.9 Å². The molecule has 3 aromatic rings. The van der Waals surface area contributed by atoms with Crippen molar-refractivity contribution in [3.63, 3.8) is 0 Å². The Bertz CT molecular complexity index is 915. The molecule has 142 valence electrons. The van der Waals surface area contributed by atoms with Gasteiger partial charge in [-0.05, 0) is 24.7 Å². The van der Waals surface area contributed by atoms with E-state index in [2.05, 4.69) is 39.4 Å². The number of nitrogens with zero attached hydrogens (tertiary/aromatic N) is 4. The second-order valence-electron chi connectivity index (χ2n) is 6.97. The lowest BCUT2D eigenvalue weighted by Crippen LogP contribution is -2.49. The van der Waals surface area contributed by atoms with Gasteiger partial charge in [-0.15, -0.1) is 0 Å². The van der Waals surface area contributed by atoms with Crippen LogP contribution in [0, 0.1) is 0 Å². The normalized spacial score (nSPS) is 17.3. The molecule has 1 fully saturated rings. The van der Waals surface area contributed by atoms with E-state index in [0.29, 0.717) is 18.1 Å². The molecule has 0 aliphatic carbocycles. The van der Waals surface area contributed by atoms with Gasteiger partial charge in [0.05, 0.1) is 11.6 Å². The summed E-state index contributed by atoms with van der Waals surface area (Å²) in [5, 5.41) is 3.14. The van der Waals surface area contributed by atoms with Crippen molar-refractivity contribution in [3.05, 3.63) is 84.2 Å².